The molecule has 3 N–H and O–H groups in total. The number of hydrogen-bond donors (Lipinski definition) is 2. The minimum absolute atomic E-state index is 0.0403. The molecule has 0 amide bonds. The van der Waals surface area contributed by atoms with Gasteiger partial charge in [-0.15, -0.1) is 0 Å². The van der Waals surface area contributed by atoms with E-state index in [2.05, 4.69) is 4.72 Å². The molecule has 0 aliphatic carbocycles. The number of rotatable bonds is 5. The molecule has 0 fully saturated rings. The van der Waals surface area contributed by atoms with Gasteiger partial charge in [-0.2, -0.15) is 0 Å². The third-order valence-electron chi connectivity index (χ3n) is 2.15. The van der Waals surface area contributed by atoms with Crippen molar-refractivity contribution in [3.63, 3.8) is 0 Å². The van der Waals surface area contributed by atoms with E-state index >= 15 is 0 Å². The Morgan fingerprint density at radius 1 is 1.53 bits per heavy atom. The van der Waals surface area contributed by atoms with Crippen LogP contribution < -0.4 is 10.5 Å². The zero-order valence-electron chi connectivity index (χ0n) is 10.3. The zero-order valence-corrected chi connectivity index (χ0v) is 12.7. The van der Waals surface area contributed by atoms with Crippen molar-refractivity contribution in [2.45, 2.75) is 17.9 Å². The molecule has 0 radical (unpaired) electrons. The van der Waals surface area contributed by atoms with Gasteiger partial charge in [-0.05, 0) is 19.1 Å². The summed E-state index contributed by atoms with van der Waals surface area (Å²) in [5.41, 5.74) is 5.48. The first kappa shape index (κ1) is 16.4. The summed E-state index contributed by atoms with van der Waals surface area (Å²) in [6.07, 6.45) is 1.45. The number of nitrogens with one attached hydrogen (secondary N) is 1. The van der Waals surface area contributed by atoms with Gasteiger partial charge in [0.1, 0.15) is 4.90 Å². The summed E-state index contributed by atoms with van der Waals surface area (Å²) in [4.78, 5) is -0.619. The van der Waals surface area contributed by atoms with Crippen LogP contribution >= 0.6 is 11.6 Å². The Labute approximate surface area is 118 Å². The lowest BCUT2D eigenvalue weighted by molar-refractivity contribution is 0.549. The number of hydrogen-bond acceptors (Lipinski definition) is 4. The van der Waals surface area contributed by atoms with Gasteiger partial charge >= 0.3 is 0 Å². The van der Waals surface area contributed by atoms with Gasteiger partial charge in [0, 0.05) is 34.5 Å². The first-order chi connectivity index (χ1) is 8.63. The highest BCUT2D eigenvalue weighted by Gasteiger charge is 2.24. The van der Waals surface area contributed by atoms with E-state index in [9.17, 15) is 17.0 Å². The first-order valence-electron chi connectivity index (χ1n) is 5.20. The van der Waals surface area contributed by atoms with Crippen LogP contribution in [0.2, 0.25) is 5.02 Å². The molecule has 0 spiro atoms. The molecule has 1 aromatic rings. The first-order valence-corrected chi connectivity index (χ1v) is 8.79. The van der Waals surface area contributed by atoms with Gasteiger partial charge in [0.2, 0.25) is 10.0 Å². The van der Waals surface area contributed by atoms with Crippen molar-refractivity contribution in [1.82, 2.24) is 4.72 Å². The molecule has 0 aliphatic heterocycles. The van der Waals surface area contributed by atoms with Gasteiger partial charge < -0.3 is 5.73 Å². The number of anilines is 1. The Morgan fingerprint density at radius 3 is 2.63 bits per heavy atom. The number of nitrogen functional groups attached to an aromatic ring is 1. The normalized spacial score (nSPS) is 15.2. The Morgan fingerprint density at radius 2 is 2.11 bits per heavy atom. The van der Waals surface area contributed by atoms with Gasteiger partial charge in [-0.1, -0.05) is 11.6 Å². The highest BCUT2D eigenvalue weighted by molar-refractivity contribution is 7.89. The molecule has 1 aromatic carbocycles. The molecule has 0 saturated carbocycles. The predicted molar refractivity (Wildman–Crippen MR) is 74.5 cm³/mol. The zero-order chi connectivity index (χ0) is 14.8. The Kier molecular flexibility index (Phi) is 5.31. The van der Waals surface area contributed by atoms with E-state index in [1.165, 1.54) is 13.2 Å². The summed E-state index contributed by atoms with van der Waals surface area (Å²) in [6, 6.07) is 1.51. The van der Waals surface area contributed by atoms with Crippen LogP contribution in [0.15, 0.2) is 17.0 Å². The van der Waals surface area contributed by atoms with E-state index in [1.54, 1.807) is 0 Å². The molecular formula is C10H14ClFN2O3S2. The fourth-order valence-electron chi connectivity index (χ4n) is 1.49. The summed E-state index contributed by atoms with van der Waals surface area (Å²) in [5, 5.41) is -0.368. The topological polar surface area (TPSA) is 89.3 Å². The largest absolute Gasteiger partial charge is 0.399 e. The van der Waals surface area contributed by atoms with E-state index in [1.807, 2.05) is 0 Å². The maximum Gasteiger partial charge on any atom is 0.243 e. The number of halogens is 2. The molecular weight excluding hydrogens is 315 g/mol. The number of sulfonamides is 1. The molecule has 108 valence electrons. The van der Waals surface area contributed by atoms with Crippen molar-refractivity contribution in [2.24, 2.45) is 0 Å². The molecule has 2 atom stereocenters. The molecule has 1 rings (SSSR count). The lowest BCUT2D eigenvalue weighted by atomic mass is 10.3. The number of benzene rings is 1. The predicted octanol–water partition coefficient (Wildman–Crippen LogP) is 1.11. The van der Waals surface area contributed by atoms with Crippen LogP contribution in [0.4, 0.5) is 10.1 Å². The average molecular weight is 329 g/mol. The second-order valence-electron chi connectivity index (χ2n) is 4.08. The van der Waals surface area contributed by atoms with Crippen LogP contribution in [0.5, 0.6) is 0 Å². The van der Waals surface area contributed by atoms with Gasteiger partial charge in [-0.25, -0.2) is 17.5 Å². The monoisotopic (exact) mass is 328 g/mol. The van der Waals surface area contributed by atoms with Crippen LogP contribution in [-0.2, 0) is 20.8 Å². The Balaban J connectivity index is 3.11. The minimum Gasteiger partial charge on any atom is -0.399 e. The average Bonchev–Trinajstić information content (AvgIpc) is 2.20. The maximum absolute atomic E-state index is 13.7. The third-order valence-corrected chi connectivity index (χ3v) is 4.98. The molecule has 0 bridgehead atoms. The lowest BCUT2D eigenvalue weighted by Crippen LogP contribution is -2.36. The van der Waals surface area contributed by atoms with Crippen LogP contribution in [0.1, 0.15) is 6.92 Å². The van der Waals surface area contributed by atoms with Crippen molar-refractivity contribution in [1.29, 1.82) is 0 Å². The molecule has 0 heterocycles. The maximum atomic E-state index is 13.7. The fourth-order valence-corrected chi connectivity index (χ4v) is 4.05. The van der Waals surface area contributed by atoms with Crippen LogP contribution in [-0.4, -0.2) is 30.7 Å². The molecule has 0 saturated heterocycles. The van der Waals surface area contributed by atoms with Crippen LogP contribution in [0.25, 0.3) is 0 Å². The highest BCUT2D eigenvalue weighted by Crippen LogP contribution is 2.25. The molecule has 5 nitrogen and oxygen atoms in total. The molecule has 0 aromatic heterocycles. The van der Waals surface area contributed by atoms with Gasteiger partial charge in [-0.3, -0.25) is 4.21 Å². The minimum atomic E-state index is -4.10. The van der Waals surface area contributed by atoms with Crippen LogP contribution in [0.3, 0.4) is 0 Å². The summed E-state index contributed by atoms with van der Waals surface area (Å²) in [7, 11) is -5.28. The van der Waals surface area contributed by atoms with E-state index in [0.29, 0.717) is 0 Å². The van der Waals surface area contributed by atoms with Crippen molar-refractivity contribution in [2.75, 3.05) is 17.7 Å². The molecule has 19 heavy (non-hydrogen) atoms. The highest BCUT2D eigenvalue weighted by atomic mass is 35.5. The lowest BCUT2D eigenvalue weighted by Gasteiger charge is -2.14. The van der Waals surface area contributed by atoms with E-state index in [4.69, 9.17) is 17.3 Å². The van der Waals surface area contributed by atoms with Crippen molar-refractivity contribution >= 4 is 38.1 Å². The molecule has 2 unspecified atom stereocenters. The van der Waals surface area contributed by atoms with E-state index in [-0.39, 0.29) is 16.5 Å². The number of nitrogens with two attached hydrogens (primary N) is 1. The van der Waals surface area contributed by atoms with E-state index in [0.717, 1.165) is 12.1 Å². The van der Waals surface area contributed by atoms with E-state index < -0.39 is 37.6 Å². The van der Waals surface area contributed by atoms with Gasteiger partial charge in [0.25, 0.3) is 0 Å². The Hall–Kier alpha value is -0.700. The quantitative estimate of drug-likeness (QED) is 0.792. The second-order valence-corrected chi connectivity index (χ2v) is 7.65. The summed E-state index contributed by atoms with van der Waals surface area (Å²) >= 11 is 5.55. The van der Waals surface area contributed by atoms with Gasteiger partial charge in [0.15, 0.2) is 5.82 Å². The molecule has 9 heteroatoms. The van der Waals surface area contributed by atoms with Crippen molar-refractivity contribution < 1.29 is 17.0 Å². The van der Waals surface area contributed by atoms with Crippen LogP contribution in [0, 0.1) is 5.82 Å². The smallest absolute Gasteiger partial charge is 0.243 e. The van der Waals surface area contributed by atoms with Gasteiger partial charge in [0.05, 0.1) is 5.02 Å². The third kappa shape index (κ3) is 4.41. The summed E-state index contributed by atoms with van der Waals surface area (Å²) in [6.45, 7) is 1.53. The van der Waals surface area contributed by atoms with Crippen molar-refractivity contribution in [3.05, 3.63) is 23.0 Å². The Bertz CT molecular complexity index is 607. The second kappa shape index (κ2) is 6.17. The SMILES string of the molecule is CC(CS(C)=O)NS(=O)(=O)c1cc(N)cc(Cl)c1F. The molecule has 0 aliphatic rings. The fraction of sp³-hybridized carbons (Fsp3) is 0.400. The summed E-state index contributed by atoms with van der Waals surface area (Å²) in [5.74, 6) is -0.940. The summed E-state index contributed by atoms with van der Waals surface area (Å²) < 4.78 is 50.9. The standard InChI is InChI=1S/C10H14ClFN2O3S2/c1-6(5-18(2)15)14-19(16,17)9-4-7(13)3-8(11)10(9)12/h3-4,6,14H,5,13H2,1-2H3. The van der Waals surface area contributed by atoms with Crippen molar-refractivity contribution in [3.8, 4) is 0 Å².